The Morgan fingerprint density at radius 1 is 1.23 bits per heavy atom. The van der Waals surface area contributed by atoms with E-state index in [9.17, 15) is 19.8 Å². The molecule has 0 spiro atoms. The van der Waals surface area contributed by atoms with E-state index in [-0.39, 0.29) is 5.41 Å². The van der Waals surface area contributed by atoms with Gasteiger partial charge in [-0.15, -0.1) is 0 Å². The van der Waals surface area contributed by atoms with Gasteiger partial charge >= 0.3 is 5.97 Å². The Hall–Kier alpha value is -2.10. The summed E-state index contributed by atoms with van der Waals surface area (Å²) in [4.78, 5) is 24.2. The second-order valence-corrected chi connectivity index (χ2v) is 7.30. The molecule has 0 saturated heterocycles. The third-order valence-corrected chi connectivity index (χ3v) is 4.33. The SMILES string of the molecule is CC(C)(C)CC[C@@]1(C)C(=O)C(C(=O)O)=C(O)c2ccccc21. The van der Waals surface area contributed by atoms with Crippen molar-refractivity contribution in [3.8, 4) is 0 Å². The number of rotatable bonds is 3. The average Bonchev–Trinajstić information content (AvgIpc) is 2.42. The largest absolute Gasteiger partial charge is 0.506 e. The Morgan fingerprint density at radius 2 is 1.82 bits per heavy atom. The number of hydrogen-bond donors (Lipinski definition) is 2. The number of Topliss-reactive ketones (excluding diaryl/α,β-unsaturated/α-hetero) is 1. The van der Waals surface area contributed by atoms with Crippen LogP contribution < -0.4 is 0 Å². The molecule has 0 unspecified atom stereocenters. The maximum absolute atomic E-state index is 12.8. The monoisotopic (exact) mass is 302 g/mol. The Morgan fingerprint density at radius 3 is 2.36 bits per heavy atom. The summed E-state index contributed by atoms with van der Waals surface area (Å²) in [5, 5.41) is 19.5. The number of carboxylic acid groups (broad SMARTS) is 1. The van der Waals surface area contributed by atoms with Gasteiger partial charge in [-0.2, -0.15) is 0 Å². The maximum Gasteiger partial charge on any atom is 0.343 e. The normalized spacial score (nSPS) is 21.7. The molecule has 0 aromatic heterocycles. The zero-order valence-corrected chi connectivity index (χ0v) is 13.4. The van der Waals surface area contributed by atoms with Gasteiger partial charge in [0.25, 0.3) is 0 Å². The van der Waals surface area contributed by atoms with Gasteiger partial charge in [0.2, 0.25) is 0 Å². The first-order valence-electron chi connectivity index (χ1n) is 7.39. The molecular formula is C18H22O4. The maximum atomic E-state index is 12.8. The molecule has 0 saturated carbocycles. The summed E-state index contributed by atoms with van der Waals surface area (Å²) in [6, 6.07) is 7.00. The van der Waals surface area contributed by atoms with E-state index in [4.69, 9.17) is 0 Å². The van der Waals surface area contributed by atoms with Crippen molar-refractivity contribution in [2.75, 3.05) is 0 Å². The number of aliphatic hydroxyl groups is 1. The zero-order valence-electron chi connectivity index (χ0n) is 13.4. The minimum Gasteiger partial charge on any atom is -0.506 e. The first-order valence-corrected chi connectivity index (χ1v) is 7.39. The molecule has 0 amide bonds. The van der Waals surface area contributed by atoms with E-state index >= 15 is 0 Å². The van der Waals surface area contributed by atoms with E-state index in [2.05, 4.69) is 20.8 Å². The molecule has 1 aliphatic rings. The summed E-state index contributed by atoms with van der Waals surface area (Å²) in [5.41, 5.74) is -0.257. The summed E-state index contributed by atoms with van der Waals surface area (Å²) in [6.07, 6.45) is 1.31. The Bertz CT molecular complexity index is 664. The fourth-order valence-electron chi connectivity index (χ4n) is 2.88. The number of carbonyl (C=O) groups is 2. The van der Waals surface area contributed by atoms with E-state index in [1.807, 2.05) is 0 Å². The van der Waals surface area contributed by atoms with Crippen molar-refractivity contribution >= 4 is 17.5 Å². The van der Waals surface area contributed by atoms with Crippen molar-refractivity contribution in [1.29, 1.82) is 0 Å². The molecule has 0 heterocycles. The van der Waals surface area contributed by atoms with Crippen LogP contribution in [0.5, 0.6) is 0 Å². The lowest BCUT2D eigenvalue weighted by Crippen LogP contribution is -2.40. The fourth-order valence-corrected chi connectivity index (χ4v) is 2.88. The first-order chi connectivity index (χ1) is 10.1. The summed E-state index contributed by atoms with van der Waals surface area (Å²) in [7, 11) is 0. The molecule has 4 nitrogen and oxygen atoms in total. The van der Waals surface area contributed by atoms with Gasteiger partial charge in [0, 0.05) is 5.56 Å². The number of ketones is 1. The van der Waals surface area contributed by atoms with Crippen LogP contribution in [0, 0.1) is 5.41 Å². The second-order valence-electron chi connectivity index (χ2n) is 7.30. The minimum absolute atomic E-state index is 0.0326. The van der Waals surface area contributed by atoms with Crippen LogP contribution in [0.1, 0.15) is 51.7 Å². The third-order valence-electron chi connectivity index (χ3n) is 4.33. The summed E-state index contributed by atoms with van der Waals surface area (Å²) in [5.74, 6) is -2.32. The summed E-state index contributed by atoms with van der Waals surface area (Å²) in [6.45, 7) is 8.03. The second kappa shape index (κ2) is 5.27. The number of aliphatic carboxylic acids is 1. The van der Waals surface area contributed by atoms with Crippen LogP contribution in [0.4, 0.5) is 0 Å². The fraction of sp³-hybridized carbons (Fsp3) is 0.444. The highest BCUT2D eigenvalue weighted by atomic mass is 16.4. The van der Waals surface area contributed by atoms with Gasteiger partial charge in [0.1, 0.15) is 11.3 Å². The predicted molar refractivity (Wildman–Crippen MR) is 84.7 cm³/mol. The van der Waals surface area contributed by atoms with E-state index in [1.54, 1.807) is 31.2 Å². The number of benzene rings is 1. The van der Waals surface area contributed by atoms with Gasteiger partial charge in [-0.1, -0.05) is 45.0 Å². The molecule has 0 radical (unpaired) electrons. The van der Waals surface area contributed by atoms with Crippen molar-refractivity contribution < 1.29 is 19.8 Å². The lowest BCUT2D eigenvalue weighted by Gasteiger charge is -2.36. The zero-order chi connectivity index (χ0) is 16.7. The highest BCUT2D eigenvalue weighted by molar-refractivity contribution is 6.26. The molecule has 4 heteroatoms. The summed E-state index contributed by atoms with van der Waals surface area (Å²) < 4.78 is 0. The molecule has 2 rings (SSSR count). The van der Waals surface area contributed by atoms with E-state index in [1.165, 1.54) is 0 Å². The van der Waals surface area contributed by atoms with Gasteiger partial charge < -0.3 is 10.2 Å². The number of carboxylic acids is 1. The predicted octanol–water partition coefficient (Wildman–Crippen LogP) is 3.71. The molecular weight excluding hydrogens is 280 g/mol. The third kappa shape index (κ3) is 2.65. The van der Waals surface area contributed by atoms with Crippen molar-refractivity contribution in [2.45, 2.75) is 46.0 Å². The van der Waals surface area contributed by atoms with Crippen molar-refractivity contribution in [3.63, 3.8) is 0 Å². The van der Waals surface area contributed by atoms with Crippen molar-refractivity contribution in [1.82, 2.24) is 0 Å². The molecule has 2 N–H and O–H groups in total. The lowest BCUT2D eigenvalue weighted by molar-refractivity contribution is -0.135. The number of aliphatic hydroxyl groups excluding tert-OH is 1. The minimum atomic E-state index is -1.38. The van der Waals surface area contributed by atoms with Gasteiger partial charge in [-0.05, 0) is 30.7 Å². The van der Waals surface area contributed by atoms with Crippen LogP contribution >= 0.6 is 0 Å². The average molecular weight is 302 g/mol. The molecule has 22 heavy (non-hydrogen) atoms. The van der Waals surface area contributed by atoms with Gasteiger partial charge in [-0.3, -0.25) is 4.79 Å². The molecule has 0 aliphatic heterocycles. The number of carbonyl (C=O) groups excluding carboxylic acids is 1. The molecule has 0 bridgehead atoms. The standard InChI is InChI=1S/C18H22O4/c1-17(2,3)9-10-18(4)12-8-6-5-7-11(12)14(19)13(15(18)20)16(21)22/h5-8,19H,9-10H2,1-4H3,(H,21,22)/t18-/m1/s1. The van der Waals surface area contributed by atoms with Crippen LogP contribution in [0.2, 0.25) is 0 Å². The number of hydrogen-bond acceptors (Lipinski definition) is 3. The Kier molecular flexibility index (Phi) is 3.90. The molecule has 0 fully saturated rings. The first kappa shape index (κ1) is 16.3. The van der Waals surface area contributed by atoms with Gasteiger partial charge in [-0.25, -0.2) is 4.79 Å². The molecule has 1 aromatic carbocycles. The quantitative estimate of drug-likeness (QED) is 0.835. The van der Waals surface area contributed by atoms with E-state index in [0.29, 0.717) is 17.5 Å². The van der Waals surface area contributed by atoms with Crippen LogP contribution in [0.15, 0.2) is 29.8 Å². The van der Waals surface area contributed by atoms with Crippen molar-refractivity contribution in [3.05, 3.63) is 41.0 Å². The highest BCUT2D eigenvalue weighted by Gasteiger charge is 2.46. The van der Waals surface area contributed by atoms with Crippen LogP contribution in [-0.2, 0) is 15.0 Å². The smallest absolute Gasteiger partial charge is 0.343 e. The molecule has 1 aliphatic carbocycles. The van der Waals surface area contributed by atoms with E-state index < -0.39 is 28.5 Å². The highest BCUT2D eigenvalue weighted by Crippen LogP contribution is 2.43. The van der Waals surface area contributed by atoms with Crippen LogP contribution in [0.25, 0.3) is 5.76 Å². The Balaban J connectivity index is 2.61. The van der Waals surface area contributed by atoms with Crippen LogP contribution in [0.3, 0.4) is 0 Å². The molecule has 1 atom stereocenters. The molecule has 1 aromatic rings. The lowest BCUT2D eigenvalue weighted by atomic mass is 9.65. The van der Waals surface area contributed by atoms with Crippen LogP contribution in [-0.4, -0.2) is 22.0 Å². The topological polar surface area (TPSA) is 74.6 Å². The summed E-state index contributed by atoms with van der Waals surface area (Å²) >= 11 is 0. The number of fused-ring (bicyclic) bond motifs is 1. The van der Waals surface area contributed by atoms with Gasteiger partial charge in [0.15, 0.2) is 5.78 Å². The van der Waals surface area contributed by atoms with E-state index in [0.717, 1.165) is 6.42 Å². The molecule has 118 valence electrons. The van der Waals surface area contributed by atoms with Gasteiger partial charge in [0.05, 0.1) is 5.41 Å². The Labute approximate surface area is 130 Å². The van der Waals surface area contributed by atoms with Crippen molar-refractivity contribution in [2.24, 2.45) is 5.41 Å².